The summed E-state index contributed by atoms with van der Waals surface area (Å²) in [5.41, 5.74) is 1.40. The van der Waals surface area contributed by atoms with Gasteiger partial charge in [-0.15, -0.1) is 11.3 Å². The van der Waals surface area contributed by atoms with Gasteiger partial charge in [-0.3, -0.25) is 0 Å². The molecule has 3 heterocycles. The third kappa shape index (κ3) is 2.73. The highest BCUT2D eigenvalue weighted by Crippen LogP contribution is 2.36. The van der Waals surface area contributed by atoms with Gasteiger partial charge in [-0.2, -0.15) is 0 Å². The van der Waals surface area contributed by atoms with Gasteiger partial charge in [0.25, 0.3) is 0 Å². The highest BCUT2D eigenvalue weighted by molar-refractivity contribution is 7.17. The number of benzene rings is 1. The van der Waals surface area contributed by atoms with Gasteiger partial charge in [0, 0.05) is 11.1 Å². The van der Waals surface area contributed by atoms with E-state index in [2.05, 4.69) is 35.0 Å². The first-order valence-corrected chi connectivity index (χ1v) is 8.64. The summed E-state index contributed by atoms with van der Waals surface area (Å²) in [6, 6.07) is 8.55. The second-order valence-corrected chi connectivity index (χ2v) is 7.05. The fourth-order valence-electron chi connectivity index (χ4n) is 3.49. The minimum Gasteiger partial charge on any atom is -0.372 e. The molecule has 2 saturated heterocycles. The monoisotopic (exact) mass is 303 g/mol. The molecule has 2 fully saturated rings. The van der Waals surface area contributed by atoms with Gasteiger partial charge in [-0.1, -0.05) is 18.2 Å². The van der Waals surface area contributed by atoms with Crippen LogP contribution in [0.5, 0.6) is 0 Å². The van der Waals surface area contributed by atoms with Gasteiger partial charge in [0.2, 0.25) is 0 Å². The van der Waals surface area contributed by atoms with Crippen LogP contribution in [-0.2, 0) is 16.1 Å². The number of ether oxygens (including phenoxy) is 2. The molecule has 0 aliphatic carbocycles. The molecule has 1 N–H and O–H groups in total. The lowest BCUT2D eigenvalue weighted by Crippen LogP contribution is -2.41. The van der Waals surface area contributed by atoms with Gasteiger partial charge in [-0.25, -0.2) is 0 Å². The Morgan fingerprint density at radius 3 is 3.05 bits per heavy atom. The molecule has 112 valence electrons. The Bertz CT molecular complexity index is 618. The second kappa shape index (κ2) is 5.69. The van der Waals surface area contributed by atoms with Gasteiger partial charge in [-0.05, 0) is 48.3 Å². The first-order chi connectivity index (χ1) is 10.3. The summed E-state index contributed by atoms with van der Waals surface area (Å²) in [5, 5.41) is 6.96. The Kier molecular flexibility index (Phi) is 3.71. The van der Waals surface area contributed by atoms with Crippen molar-refractivity contribution in [2.24, 2.45) is 0 Å². The van der Waals surface area contributed by atoms with E-state index >= 15 is 0 Å². The average Bonchev–Trinajstić information content (AvgIpc) is 3.11. The molecule has 3 nitrogen and oxygen atoms in total. The van der Waals surface area contributed by atoms with Crippen molar-refractivity contribution in [1.29, 1.82) is 0 Å². The number of thiophene rings is 1. The van der Waals surface area contributed by atoms with Gasteiger partial charge < -0.3 is 14.8 Å². The molecule has 0 bridgehead atoms. The molecule has 2 aliphatic heterocycles. The van der Waals surface area contributed by atoms with Crippen molar-refractivity contribution in [3.05, 3.63) is 35.2 Å². The van der Waals surface area contributed by atoms with Crippen molar-refractivity contribution in [3.63, 3.8) is 0 Å². The molecule has 2 aromatic rings. The maximum atomic E-state index is 6.14. The van der Waals surface area contributed by atoms with Gasteiger partial charge in [0.1, 0.15) is 0 Å². The Hall–Kier alpha value is -0.940. The maximum Gasteiger partial charge on any atom is 0.0840 e. The fourth-order valence-corrected chi connectivity index (χ4v) is 4.44. The lowest BCUT2D eigenvalue weighted by molar-refractivity contribution is -0.0240. The number of fused-ring (bicyclic) bond motifs is 1. The number of nitrogens with one attached hydrogen (secondary N) is 1. The van der Waals surface area contributed by atoms with Crippen LogP contribution in [0, 0.1) is 0 Å². The number of hydrogen-bond acceptors (Lipinski definition) is 4. The van der Waals surface area contributed by atoms with Crippen LogP contribution in [-0.4, -0.2) is 31.4 Å². The van der Waals surface area contributed by atoms with Crippen molar-refractivity contribution in [2.75, 3.05) is 19.7 Å². The van der Waals surface area contributed by atoms with E-state index in [1.165, 1.54) is 15.6 Å². The second-order valence-electron chi connectivity index (χ2n) is 6.14. The van der Waals surface area contributed by atoms with Crippen LogP contribution >= 0.6 is 11.3 Å². The minimum absolute atomic E-state index is 0.0899. The van der Waals surface area contributed by atoms with E-state index in [0.717, 1.165) is 39.0 Å². The van der Waals surface area contributed by atoms with Crippen LogP contribution in [0.1, 0.15) is 24.8 Å². The largest absolute Gasteiger partial charge is 0.372 e. The van der Waals surface area contributed by atoms with Crippen molar-refractivity contribution < 1.29 is 9.47 Å². The quantitative estimate of drug-likeness (QED) is 0.943. The lowest BCUT2D eigenvalue weighted by Gasteiger charge is -2.32. The van der Waals surface area contributed by atoms with E-state index < -0.39 is 0 Å². The summed E-state index contributed by atoms with van der Waals surface area (Å²) in [7, 11) is 0. The van der Waals surface area contributed by atoms with Crippen molar-refractivity contribution >= 4 is 21.4 Å². The van der Waals surface area contributed by atoms with Crippen molar-refractivity contribution in [1.82, 2.24) is 5.32 Å². The third-order valence-electron chi connectivity index (χ3n) is 4.73. The summed E-state index contributed by atoms with van der Waals surface area (Å²) < 4.78 is 13.6. The topological polar surface area (TPSA) is 30.5 Å². The zero-order valence-electron chi connectivity index (χ0n) is 12.1. The SMILES string of the molecule is c1ccc2c(COC3COC4(CCNCC4)C3)csc2c1. The number of rotatable bonds is 3. The van der Waals surface area contributed by atoms with Gasteiger partial charge >= 0.3 is 0 Å². The van der Waals surface area contributed by atoms with E-state index in [1.807, 2.05) is 0 Å². The van der Waals surface area contributed by atoms with E-state index in [0.29, 0.717) is 6.61 Å². The van der Waals surface area contributed by atoms with Crippen LogP contribution in [0.2, 0.25) is 0 Å². The summed E-state index contributed by atoms with van der Waals surface area (Å²) in [6.45, 7) is 3.60. The summed E-state index contributed by atoms with van der Waals surface area (Å²) >= 11 is 1.80. The predicted octanol–water partition coefficient (Wildman–Crippen LogP) is 3.33. The van der Waals surface area contributed by atoms with Crippen molar-refractivity contribution in [2.45, 2.75) is 37.6 Å². The first kappa shape index (κ1) is 13.7. The molecular weight excluding hydrogens is 282 g/mol. The Balaban J connectivity index is 1.39. The first-order valence-electron chi connectivity index (χ1n) is 7.76. The van der Waals surface area contributed by atoms with Gasteiger partial charge in [0.15, 0.2) is 0 Å². The highest BCUT2D eigenvalue weighted by Gasteiger charge is 2.41. The Labute approximate surface area is 129 Å². The molecule has 1 unspecified atom stereocenters. The zero-order valence-corrected chi connectivity index (χ0v) is 13.0. The van der Waals surface area contributed by atoms with E-state index in [4.69, 9.17) is 9.47 Å². The van der Waals surface area contributed by atoms with Gasteiger partial charge in [0.05, 0.1) is 24.9 Å². The highest BCUT2D eigenvalue weighted by atomic mass is 32.1. The van der Waals surface area contributed by atoms with E-state index in [9.17, 15) is 0 Å². The maximum absolute atomic E-state index is 6.14. The van der Waals surface area contributed by atoms with Crippen molar-refractivity contribution in [3.8, 4) is 0 Å². The molecule has 21 heavy (non-hydrogen) atoms. The molecular formula is C17H21NO2S. The predicted molar refractivity (Wildman–Crippen MR) is 85.8 cm³/mol. The third-order valence-corrected chi connectivity index (χ3v) is 5.74. The molecule has 4 heteroatoms. The minimum atomic E-state index is 0.0899. The molecule has 4 rings (SSSR count). The van der Waals surface area contributed by atoms with E-state index in [-0.39, 0.29) is 11.7 Å². The molecule has 1 aromatic heterocycles. The standard InChI is InChI=1S/C17H21NO2S/c1-2-4-16-15(3-1)13(12-21-16)10-19-14-9-17(20-11-14)5-7-18-8-6-17/h1-4,12,14,18H,5-11H2. The van der Waals surface area contributed by atoms with Crippen LogP contribution in [0.25, 0.3) is 10.1 Å². The van der Waals surface area contributed by atoms with Crippen LogP contribution in [0.4, 0.5) is 0 Å². The smallest absolute Gasteiger partial charge is 0.0840 e. The molecule has 1 spiro atoms. The zero-order chi connectivity index (χ0) is 14.1. The number of hydrogen-bond donors (Lipinski definition) is 1. The number of piperidine rings is 1. The fraction of sp³-hybridized carbons (Fsp3) is 0.529. The lowest BCUT2D eigenvalue weighted by atomic mass is 9.89. The molecule has 1 aromatic carbocycles. The summed E-state index contributed by atoms with van der Waals surface area (Å²) in [6.07, 6.45) is 3.54. The Morgan fingerprint density at radius 1 is 1.29 bits per heavy atom. The summed E-state index contributed by atoms with van der Waals surface area (Å²) in [5.74, 6) is 0. The Morgan fingerprint density at radius 2 is 2.14 bits per heavy atom. The molecule has 0 radical (unpaired) electrons. The normalized spacial score (nSPS) is 24.9. The van der Waals surface area contributed by atoms with E-state index in [1.54, 1.807) is 11.3 Å². The molecule has 0 amide bonds. The average molecular weight is 303 g/mol. The molecule has 0 saturated carbocycles. The summed E-state index contributed by atoms with van der Waals surface area (Å²) in [4.78, 5) is 0. The molecule has 1 atom stereocenters. The van der Waals surface area contributed by atoms with Crippen LogP contribution in [0.3, 0.4) is 0 Å². The molecule has 2 aliphatic rings. The van der Waals surface area contributed by atoms with Crippen LogP contribution < -0.4 is 5.32 Å². The van der Waals surface area contributed by atoms with Crippen LogP contribution in [0.15, 0.2) is 29.6 Å².